The maximum Gasteiger partial charge on any atom is 0.166 e. The minimum absolute atomic E-state index is 0.709. The standard InChI is InChI=1S/C17H15ClN6S/c18-12-8-9-14-15(11-12)20-17(19-14)25-10-4-7-16-21-22-23-24(16)13-5-2-1-3-6-13/h1-3,5-6,8-9,11H,4,7,10H2,(H,19,20). The molecule has 25 heavy (non-hydrogen) atoms. The summed E-state index contributed by atoms with van der Waals surface area (Å²) in [6, 6.07) is 15.6. The molecule has 0 aliphatic heterocycles. The van der Waals surface area contributed by atoms with Crippen LogP contribution in [-0.4, -0.2) is 35.9 Å². The van der Waals surface area contributed by atoms with Crippen LogP contribution in [-0.2, 0) is 6.42 Å². The zero-order chi connectivity index (χ0) is 17.1. The summed E-state index contributed by atoms with van der Waals surface area (Å²) in [5.74, 6) is 1.79. The molecule has 0 amide bonds. The molecular weight excluding hydrogens is 356 g/mol. The van der Waals surface area contributed by atoms with E-state index in [1.165, 1.54) is 0 Å². The lowest BCUT2D eigenvalue weighted by molar-refractivity contribution is 0.747. The Hall–Kier alpha value is -2.38. The molecule has 4 rings (SSSR count). The highest BCUT2D eigenvalue weighted by molar-refractivity contribution is 7.99. The van der Waals surface area contributed by atoms with Crippen molar-refractivity contribution in [3.8, 4) is 5.69 Å². The number of nitrogens with zero attached hydrogens (tertiary/aromatic N) is 5. The smallest absolute Gasteiger partial charge is 0.166 e. The number of halogens is 1. The Morgan fingerprint density at radius 1 is 1.12 bits per heavy atom. The van der Waals surface area contributed by atoms with Crippen LogP contribution in [0.5, 0.6) is 0 Å². The minimum Gasteiger partial charge on any atom is -0.333 e. The van der Waals surface area contributed by atoms with E-state index < -0.39 is 0 Å². The topological polar surface area (TPSA) is 72.3 Å². The molecule has 0 unspecified atom stereocenters. The largest absolute Gasteiger partial charge is 0.333 e. The van der Waals surface area contributed by atoms with Gasteiger partial charge in [-0.15, -0.1) is 5.10 Å². The zero-order valence-corrected chi connectivity index (χ0v) is 14.8. The normalized spacial score (nSPS) is 11.2. The van der Waals surface area contributed by atoms with Gasteiger partial charge >= 0.3 is 0 Å². The second-order valence-electron chi connectivity index (χ2n) is 5.50. The molecule has 2 aromatic heterocycles. The fourth-order valence-corrected chi connectivity index (χ4v) is 3.56. The van der Waals surface area contributed by atoms with E-state index in [-0.39, 0.29) is 0 Å². The van der Waals surface area contributed by atoms with Crippen molar-refractivity contribution in [2.45, 2.75) is 18.0 Å². The van der Waals surface area contributed by atoms with Crippen LogP contribution in [0.1, 0.15) is 12.2 Å². The highest BCUT2D eigenvalue weighted by Gasteiger charge is 2.08. The number of thioether (sulfide) groups is 1. The summed E-state index contributed by atoms with van der Waals surface area (Å²) in [5.41, 5.74) is 2.87. The Balaban J connectivity index is 1.36. The van der Waals surface area contributed by atoms with Crippen LogP contribution in [0.4, 0.5) is 0 Å². The second-order valence-corrected chi connectivity index (χ2v) is 7.02. The van der Waals surface area contributed by atoms with Gasteiger partial charge in [-0.1, -0.05) is 41.6 Å². The van der Waals surface area contributed by atoms with Gasteiger partial charge in [-0.3, -0.25) is 0 Å². The third kappa shape index (κ3) is 3.67. The van der Waals surface area contributed by atoms with Gasteiger partial charge in [0.25, 0.3) is 0 Å². The van der Waals surface area contributed by atoms with Crippen LogP contribution >= 0.6 is 23.4 Å². The first-order valence-corrected chi connectivity index (χ1v) is 9.27. The number of benzene rings is 2. The van der Waals surface area contributed by atoms with Gasteiger partial charge in [0.05, 0.1) is 16.7 Å². The average molecular weight is 371 g/mol. The highest BCUT2D eigenvalue weighted by atomic mass is 35.5. The summed E-state index contributed by atoms with van der Waals surface area (Å²) < 4.78 is 1.79. The number of para-hydroxylation sites is 1. The quantitative estimate of drug-likeness (QED) is 0.411. The van der Waals surface area contributed by atoms with Crippen molar-refractivity contribution >= 4 is 34.4 Å². The number of aromatic nitrogens is 6. The number of tetrazole rings is 1. The van der Waals surface area contributed by atoms with E-state index in [1.807, 2.05) is 48.5 Å². The SMILES string of the molecule is Clc1ccc2nc(SCCCc3nnnn3-c3ccccc3)[nH]c2c1. The van der Waals surface area contributed by atoms with Crippen LogP contribution in [0, 0.1) is 0 Å². The van der Waals surface area contributed by atoms with Crippen molar-refractivity contribution in [2.75, 3.05) is 5.75 Å². The van der Waals surface area contributed by atoms with Crippen molar-refractivity contribution in [3.63, 3.8) is 0 Å². The maximum absolute atomic E-state index is 6.00. The molecular formula is C17H15ClN6S. The van der Waals surface area contributed by atoms with Crippen LogP contribution in [0.2, 0.25) is 5.02 Å². The lowest BCUT2D eigenvalue weighted by Crippen LogP contribution is -2.03. The Morgan fingerprint density at radius 2 is 2.00 bits per heavy atom. The third-order valence-corrected chi connectivity index (χ3v) is 4.94. The lowest BCUT2D eigenvalue weighted by atomic mass is 10.3. The fraction of sp³-hybridized carbons (Fsp3) is 0.176. The van der Waals surface area contributed by atoms with Gasteiger partial charge in [0, 0.05) is 17.2 Å². The molecule has 0 spiro atoms. The van der Waals surface area contributed by atoms with Crippen molar-refractivity contribution in [3.05, 3.63) is 59.4 Å². The number of fused-ring (bicyclic) bond motifs is 1. The first-order chi connectivity index (χ1) is 12.3. The fourth-order valence-electron chi connectivity index (χ4n) is 2.56. The van der Waals surface area contributed by atoms with E-state index in [1.54, 1.807) is 16.4 Å². The number of imidazole rings is 1. The van der Waals surface area contributed by atoms with E-state index in [2.05, 4.69) is 25.5 Å². The molecule has 0 aliphatic carbocycles. The third-order valence-electron chi connectivity index (χ3n) is 3.74. The number of aryl methyl sites for hydroxylation is 1. The van der Waals surface area contributed by atoms with Gasteiger partial charge in [-0.2, -0.15) is 4.68 Å². The van der Waals surface area contributed by atoms with Gasteiger partial charge in [0.15, 0.2) is 11.0 Å². The monoisotopic (exact) mass is 370 g/mol. The molecule has 0 saturated carbocycles. The van der Waals surface area contributed by atoms with Gasteiger partial charge in [0.2, 0.25) is 0 Å². The number of hydrogen-bond donors (Lipinski definition) is 1. The lowest BCUT2D eigenvalue weighted by Gasteiger charge is -2.03. The second kappa shape index (κ2) is 7.25. The highest BCUT2D eigenvalue weighted by Crippen LogP contribution is 2.23. The predicted octanol–water partition coefficient (Wildman–Crippen LogP) is 3.92. The molecule has 6 nitrogen and oxygen atoms in total. The van der Waals surface area contributed by atoms with Crippen molar-refractivity contribution in [2.24, 2.45) is 0 Å². The average Bonchev–Trinajstić information content (AvgIpc) is 3.25. The molecule has 1 N–H and O–H groups in total. The molecule has 8 heteroatoms. The molecule has 2 aromatic carbocycles. The minimum atomic E-state index is 0.709. The summed E-state index contributed by atoms with van der Waals surface area (Å²) >= 11 is 7.69. The Morgan fingerprint density at radius 3 is 2.88 bits per heavy atom. The molecule has 0 atom stereocenters. The van der Waals surface area contributed by atoms with Crippen molar-refractivity contribution in [1.29, 1.82) is 0 Å². The number of rotatable bonds is 6. The van der Waals surface area contributed by atoms with Crippen molar-refractivity contribution in [1.82, 2.24) is 30.2 Å². The van der Waals surface area contributed by atoms with Gasteiger partial charge < -0.3 is 4.98 Å². The Bertz CT molecular complexity index is 981. The van der Waals surface area contributed by atoms with Crippen LogP contribution < -0.4 is 0 Å². The van der Waals surface area contributed by atoms with Crippen LogP contribution in [0.3, 0.4) is 0 Å². The number of aromatic amines is 1. The molecule has 0 bridgehead atoms. The number of H-pyrrole nitrogens is 1. The van der Waals surface area contributed by atoms with E-state index >= 15 is 0 Å². The summed E-state index contributed by atoms with van der Waals surface area (Å²) in [5, 5.41) is 13.6. The van der Waals surface area contributed by atoms with Gasteiger partial charge in [-0.25, -0.2) is 4.98 Å². The first-order valence-electron chi connectivity index (χ1n) is 7.90. The molecule has 0 radical (unpaired) electrons. The maximum atomic E-state index is 6.00. The van der Waals surface area contributed by atoms with Gasteiger partial charge in [-0.05, 0) is 47.2 Å². The summed E-state index contributed by atoms with van der Waals surface area (Å²) in [6.45, 7) is 0. The van der Waals surface area contributed by atoms with Crippen LogP contribution in [0.25, 0.3) is 16.7 Å². The number of hydrogen-bond acceptors (Lipinski definition) is 5. The van der Waals surface area contributed by atoms with Crippen molar-refractivity contribution < 1.29 is 0 Å². The van der Waals surface area contributed by atoms with E-state index in [4.69, 9.17) is 11.6 Å². The van der Waals surface area contributed by atoms with E-state index in [0.29, 0.717) is 5.02 Å². The summed E-state index contributed by atoms with van der Waals surface area (Å²) in [6.07, 6.45) is 1.76. The van der Waals surface area contributed by atoms with E-state index in [0.717, 1.165) is 46.3 Å². The van der Waals surface area contributed by atoms with E-state index in [9.17, 15) is 0 Å². The number of nitrogens with one attached hydrogen (secondary N) is 1. The summed E-state index contributed by atoms with van der Waals surface area (Å²) in [7, 11) is 0. The predicted molar refractivity (Wildman–Crippen MR) is 99.3 cm³/mol. The molecule has 4 aromatic rings. The molecule has 126 valence electrons. The van der Waals surface area contributed by atoms with Gasteiger partial charge in [0.1, 0.15) is 0 Å². The summed E-state index contributed by atoms with van der Waals surface area (Å²) in [4.78, 5) is 7.85. The van der Waals surface area contributed by atoms with Crippen LogP contribution in [0.15, 0.2) is 53.7 Å². The molecule has 0 aliphatic rings. The molecule has 2 heterocycles. The first kappa shape index (κ1) is 16.1. The Kier molecular flexibility index (Phi) is 4.67. The Labute approximate surface area is 153 Å². The zero-order valence-electron chi connectivity index (χ0n) is 13.3. The molecule has 0 saturated heterocycles. The molecule has 0 fully saturated rings.